The summed E-state index contributed by atoms with van der Waals surface area (Å²) in [6.45, 7) is 4.70. The first kappa shape index (κ1) is 15.9. The Hall–Kier alpha value is -1.53. The minimum Gasteiger partial charge on any atom is -0.310 e. The summed E-state index contributed by atoms with van der Waals surface area (Å²) in [5, 5.41) is 7.11. The number of hydrogen-bond acceptors (Lipinski definition) is 2. The molecule has 0 saturated heterocycles. The van der Waals surface area contributed by atoms with Crippen molar-refractivity contribution in [3.63, 3.8) is 0 Å². The van der Waals surface area contributed by atoms with Gasteiger partial charge in [0.2, 0.25) is 0 Å². The summed E-state index contributed by atoms with van der Waals surface area (Å²) < 4.78 is 38.8. The van der Waals surface area contributed by atoms with E-state index in [4.69, 9.17) is 11.6 Å². The van der Waals surface area contributed by atoms with Crippen molar-refractivity contribution >= 4 is 11.6 Å². The lowest BCUT2D eigenvalue weighted by atomic mass is 10.2. The van der Waals surface area contributed by atoms with Crippen LogP contribution in [0.15, 0.2) is 30.5 Å². The van der Waals surface area contributed by atoms with E-state index >= 15 is 0 Å². The van der Waals surface area contributed by atoms with Gasteiger partial charge in [-0.15, -0.1) is 0 Å². The number of halogens is 4. The first-order valence-corrected chi connectivity index (χ1v) is 6.80. The third-order valence-corrected chi connectivity index (χ3v) is 3.16. The van der Waals surface area contributed by atoms with Crippen molar-refractivity contribution < 1.29 is 13.2 Å². The second-order valence-corrected chi connectivity index (χ2v) is 5.37. The van der Waals surface area contributed by atoms with E-state index in [9.17, 15) is 13.2 Å². The van der Waals surface area contributed by atoms with Crippen molar-refractivity contribution in [3.8, 4) is 5.69 Å². The zero-order valence-electron chi connectivity index (χ0n) is 11.6. The van der Waals surface area contributed by atoms with Gasteiger partial charge < -0.3 is 5.32 Å². The lowest BCUT2D eigenvalue weighted by Gasteiger charge is -2.10. The van der Waals surface area contributed by atoms with Gasteiger partial charge in [-0.1, -0.05) is 31.5 Å². The van der Waals surface area contributed by atoms with Crippen molar-refractivity contribution in [2.75, 3.05) is 0 Å². The summed E-state index contributed by atoms with van der Waals surface area (Å²) in [4.78, 5) is 0. The number of nitrogens with one attached hydrogen (secondary N) is 1. The second-order valence-electron chi connectivity index (χ2n) is 4.96. The summed E-state index contributed by atoms with van der Waals surface area (Å²) in [5.74, 6) is 0. The molecule has 0 radical (unpaired) electrons. The third kappa shape index (κ3) is 3.98. The lowest BCUT2D eigenvalue weighted by Crippen LogP contribution is -2.21. The van der Waals surface area contributed by atoms with Crippen LogP contribution in [0.3, 0.4) is 0 Å². The highest BCUT2D eigenvalue weighted by molar-refractivity contribution is 6.32. The van der Waals surface area contributed by atoms with Crippen LogP contribution >= 0.6 is 11.6 Å². The zero-order chi connectivity index (χ0) is 15.6. The van der Waals surface area contributed by atoms with E-state index in [0.29, 0.717) is 23.3 Å². The smallest absolute Gasteiger partial charge is 0.310 e. The fourth-order valence-corrected chi connectivity index (χ4v) is 2.07. The first-order chi connectivity index (χ1) is 9.77. The number of nitrogens with zero attached hydrogens (tertiary/aromatic N) is 2. The Morgan fingerprint density at radius 2 is 2.00 bits per heavy atom. The van der Waals surface area contributed by atoms with Gasteiger partial charge in [-0.25, -0.2) is 4.68 Å². The molecule has 2 rings (SSSR count). The first-order valence-electron chi connectivity index (χ1n) is 6.42. The Morgan fingerprint density at radius 1 is 1.29 bits per heavy atom. The van der Waals surface area contributed by atoms with Crippen molar-refractivity contribution in [2.24, 2.45) is 0 Å². The molecule has 0 saturated carbocycles. The quantitative estimate of drug-likeness (QED) is 0.922. The predicted molar refractivity (Wildman–Crippen MR) is 75.6 cm³/mol. The molecule has 0 spiro atoms. The predicted octanol–water partition coefficient (Wildman–Crippen LogP) is 4.04. The summed E-state index contributed by atoms with van der Waals surface area (Å²) in [7, 11) is 0. The molecule has 2 aromatic rings. The molecule has 114 valence electrons. The Labute approximate surface area is 125 Å². The molecule has 0 bridgehead atoms. The molecule has 0 amide bonds. The van der Waals surface area contributed by atoms with Crippen LogP contribution in [0, 0.1) is 0 Å². The van der Waals surface area contributed by atoms with E-state index in [-0.39, 0.29) is 0 Å². The fourth-order valence-electron chi connectivity index (χ4n) is 1.78. The van der Waals surface area contributed by atoms with E-state index in [0.717, 1.165) is 16.3 Å². The van der Waals surface area contributed by atoms with Crippen molar-refractivity contribution in [2.45, 2.75) is 32.6 Å². The summed E-state index contributed by atoms with van der Waals surface area (Å²) in [6.07, 6.45) is -3.21. The van der Waals surface area contributed by atoms with E-state index in [1.54, 1.807) is 12.1 Å². The minimum atomic E-state index is -4.46. The van der Waals surface area contributed by atoms with E-state index in [1.165, 1.54) is 6.20 Å². The molecule has 0 unspecified atom stereocenters. The molecule has 1 heterocycles. The Kier molecular flexibility index (Phi) is 4.58. The van der Waals surface area contributed by atoms with Crippen LogP contribution in [0.25, 0.3) is 5.69 Å². The molecule has 21 heavy (non-hydrogen) atoms. The van der Waals surface area contributed by atoms with Gasteiger partial charge in [0.1, 0.15) is 0 Å². The Balaban J connectivity index is 2.23. The number of rotatable bonds is 4. The van der Waals surface area contributed by atoms with Crippen molar-refractivity contribution in [1.82, 2.24) is 15.1 Å². The standard InChI is InChI=1S/C14H15ClF3N3/c1-9(2)19-8-10-3-4-12(11(15)7-10)21-6-5-13(20-21)14(16,17)18/h3-7,9,19H,8H2,1-2H3. The Bertz CT molecular complexity index is 620. The van der Waals surface area contributed by atoms with Crippen molar-refractivity contribution in [3.05, 3.63) is 46.7 Å². The maximum Gasteiger partial charge on any atom is 0.435 e. The number of benzene rings is 1. The minimum absolute atomic E-state index is 0.337. The van der Waals surface area contributed by atoms with Gasteiger partial charge in [-0.2, -0.15) is 18.3 Å². The molecule has 1 aromatic carbocycles. The third-order valence-electron chi connectivity index (χ3n) is 2.85. The highest BCUT2D eigenvalue weighted by atomic mass is 35.5. The highest BCUT2D eigenvalue weighted by Gasteiger charge is 2.33. The monoisotopic (exact) mass is 317 g/mol. The molecule has 0 atom stereocenters. The Morgan fingerprint density at radius 3 is 2.52 bits per heavy atom. The van der Waals surface area contributed by atoms with Crippen LogP contribution in [0.5, 0.6) is 0 Å². The van der Waals surface area contributed by atoms with Crippen LogP contribution in [0.2, 0.25) is 5.02 Å². The van der Waals surface area contributed by atoms with Crippen molar-refractivity contribution in [1.29, 1.82) is 0 Å². The SMILES string of the molecule is CC(C)NCc1ccc(-n2ccc(C(F)(F)F)n2)c(Cl)c1. The molecule has 0 aliphatic carbocycles. The second kappa shape index (κ2) is 6.07. The molecule has 1 N–H and O–H groups in total. The number of aromatic nitrogens is 2. The highest BCUT2D eigenvalue weighted by Crippen LogP contribution is 2.29. The largest absolute Gasteiger partial charge is 0.435 e. The average Bonchev–Trinajstić information content (AvgIpc) is 2.85. The lowest BCUT2D eigenvalue weighted by molar-refractivity contribution is -0.141. The van der Waals surface area contributed by atoms with E-state index < -0.39 is 11.9 Å². The van der Waals surface area contributed by atoms with Crippen LogP contribution in [0.1, 0.15) is 25.1 Å². The van der Waals surface area contributed by atoms with E-state index in [1.807, 2.05) is 19.9 Å². The normalized spacial score (nSPS) is 12.1. The number of hydrogen-bond donors (Lipinski definition) is 1. The van der Waals surface area contributed by atoms with Gasteiger partial charge in [0, 0.05) is 18.8 Å². The van der Waals surface area contributed by atoms with Gasteiger partial charge >= 0.3 is 6.18 Å². The van der Waals surface area contributed by atoms with Gasteiger partial charge in [0.15, 0.2) is 5.69 Å². The summed E-state index contributed by atoms with van der Waals surface area (Å²) >= 11 is 6.13. The van der Waals surface area contributed by atoms with Crippen LogP contribution in [0.4, 0.5) is 13.2 Å². The van der Waals surface area contributed by atoms with Crippen LogP contribution in [-0.4, -0.2) is 15.8 Å². The molecule has 1 aromatic heterocycles. The molecule has 0 fully saturated rings. The van der Waals surface area contributed by atoms with Crippen LogP contribution < -0.4 is 5.32 Å². The topological polar surface area (TPSA) is 29.9 Å². The zero-order valence-corrected chi connectivity index (χ0v) is 12.3. The molecule has 3 nitrogen and oxygen atoms in total. The fraction of sp³-hybridized carbons (Fsp3) is 0.357. The molecular formula is C14H15ClF3N3. The maximum absolute atomic E-state index is 12.5. The summed E-state index contributed by atoms with van der Waals surface area (Å²) in [5.41, 5.74) is 0.435. The molecule has 7 heteroatoms. The van der Waals surface area contributed by atoms with Gasteiger partial charge in [0.05, 0.1) is 10.7 Å². The summed E-state index contributed by atoms with van der Waals surface area (Å²) in [6, 6.07) is 6.45. The van der Waals surface area contributed by atoms with Crippen LogP contribution in [-0.2, 0) is 12.7 Å². The number of alkyl halides is 3. The molecule has 0 aliphatic heterocycles. The average molecular weight is 318 g/mol. The maximum atomic E-state index is 12.5. The molecular weight excluding hydrogens is 303 g/mol. The molecule has 0 aliphatic rings. The van der Waals surface area contributed by atoms with Gasteiger partial charge in [-0.05, 0) is 23.8 Å². The van der Waals surface area contributed by atoms with Gasteiger partial charge in [0.25, 0.3) is 0 Å². The van der Waals surface area contributed by atoms with E-state index in [2.05, 4.69) is 10.4 Å². The van der Waals surface area contributed by atoms with Gasteiger partial charge in [-0.3, -0.25) is 0 Å².